The fourth-order valence-corrected chi connectivity index (χ4v) is 5.88. The van der Waals surface area contributed by atoms with Crippen molar-refractivity contribution >= 4 is 44.3 Å². The Balaban J connectivity index is 1.49. The minimum absolute atomic E-state index is 0.313. The maximum Gasteiger partial charge on any atom is 0.243 e. The zero-order valence-corrected chi connectivity index (χ0v) is 19.3. The molecule has 31 heavy (non-hydrogen) atoms. The number of nitrogens with zero attached hydrogens (tertiary/aromatic N) is 3. The van der Waals surface area contributed by atoms with Crippen LogP contribution < -0.4 is 5.43 Å². The Morgan fingerprint density at radius 3 is 2.61 bits per heavy atom. The predicted molar refractivity (Wildman–Crippen MR) is 127 cm³/mol. The zero-order valence-electron chi connectivity index (χ0n) is 16.9. The summed E-state index contributed by atoms with van der Waals surface area (Å²) in [6.45, 7) is 1.17. The van der Waals surface area contributed by atoms with Crippen LogP contribution in [0.5, 0.6) is 0 Å². The summed E-state index contributed by atoms with van der Waals surface area (Å²) in [4.78, 5) is 4.85. The summed E-state index contributed by atoms with van der Waals surface area (Å²) in [5, 5.41) is 7.35. The molecular formula is C22H23ClN4O2S2. The lowest BCUT2D eigenvalue weighted by molar-refractivity contribution is 0.424. The number of sulfonamides is 1. The van der Waals surface area contributed by atoms with Crippen LogP contribution in [-0.4, -0.2) is 37.0 Å². The number of nitrogens with one attached hydrogen (secondary N) is 1. The molecular weight excluding hydrogens is 452 g/mol. The highest BCUT2D eigenvalue weighted by Gasteiger charge is 2.25. The van der Waals surface area contributed by atoms with E-state index in [1.54, 1.807) is 34.8 Å². The Bertz CT molecular complexity index is 1170. The maximum absolute atomic E-state index is 13.1. The van der Waals surface area contributed by atoms with Gasteiger partial charge < -0.3 is 0 Å². The van der Waals surface area contributed by atoms with Gasteiger partial charge >= 0.3 is 0 Å². The number of hydrogen-bond acceptors (Lipinski definition) is 6. The molecule has 0 atom stereocenters. The molecule has 1 aliphatic heterocycles. The van der Waals surface area contributed by atoms with Crippen molar-refractivity contribution < 1.29 is 8.42 Å². The summed E-state index contributed by atoms with van der Waals surface area (Å²) in [5.74, 6) is 0. The summed E-state index contributed by atoms with van der Waals surface area (Å²) >= 11 is 7.38. The number of rotatable bonds is 6. The van der Waals surface area contributed by atoms with Crippen LogP contribution in [0.15, 0.2) is 63.9 Å². The molecule has 0 bridgehead atoms. The van der Waals surface area contributed by atoms with Crippen molar-refractivity contribution in [3.63, 3.8) is 0 Å². The molecule has 162 valence electrons. The largest absolute Gasteiger partial charge is 0.253 e. The first-order chi connectivity index (χ1) is 15.0. The molecule has 1 fully saturated rings. The second-order valence-electron chi connectivity index (χ2n) is 7.31. The highest BCUT2D eigenvalue weighted by Crippen LogP contribution is 2.28. The third-order valence-electron chi connectivity index (χ3n) is 5.06. The summed E-state index contributed by atoms with van der Waals surface area (Å²) < 4.78 is 27.8. The molecule has 1 saturated heterocycles. The molecule has 1 N–H and O–H groups in total. The van der Waals surface area contributed by atoms with Crippen molar-refractivity contribution in [2.45, 2.75) is 30.6 Å². The van der Waals surface area contributed by atoms with Gasteiger partial charge in [-0.15, -0.1) is 11.3 Å². The molecule has 9 heteroatoms. The predicted octanol–water partition coefficient (Wildman–Crippen LogP) is 5.47. The number of benzene rings is 2. The molecule has 2 aromatic carbocycles. The third-order valence-corrected chi connectivity index (χ3v) is 7.94. The maximum atomic E-state index is 13.1. The van der Waals surface area contributed by atoms with E-state index in [1.807, 2.05) is 29.6 Å². The van der Waals surface area contributed by atoms with Gasteiger partial charge in [-0.05, 0) is 42.7 Å². The minimum Gasteiger partial charge on any atom is -0.253 e. The van der Waals surface area contributed by atoms with Gasteiger partial charge in [-0.25, -0.2) is 13.4 Å². The molecule has 6 nitrogen and oxygen atoms in total. The Morgan fingerprint density at radius 2 is 1.84 bits per heavy atom. The number of hydrogen-bond donors (Lipinski definition) is 1. The van der Waals surface area contributed by atoms with Gasteiger partial charge in [-0.3, -0.25) is 5.43 Å². The van der Waals surface area contributed by atoms with Crippen molar-refractivity contribution in [3.05, 3.63) is 64.5 Å². The molecule has 0 amide bonds. The first-order valence-corrected chi connectivity index (χ1v) is 12.8. The topological polar surface area (TPSA) is 74.7 Å². The normalized spacial score (nSPS) is 15.8. The molecule has 1 aromatic heterocycles. The quantitative estimate of drug-likeness (QED) is 0.379. The second-order valence-corrected chi connectivity index (χ2v) is 10.5. The number of thiazole rings is 1. The van der Waals surface area contributed by atoms with Crippen LogP contribution in [0, 0.1) is 0 Å². The SMILES string of the molecule is O=S(=O)(c1cccc(-c2csc(N/N=C/c3cccc(Cl)c3)n2)c1)N1CCCCCC1. The van der Waals surface area contributed by atoms with E-state index in [4.69, 9.17) is 11.6 Å². The monoisotopic (exact) mass is 474 g/mol. The summed E-state index contributed by atoms with van der Waals surface area (Å²) in [6, 6.07) is 14.4. The molecule has 4 rings (SSSR count). The fraction of sp³-hybridized carbons (Fsp3) is 0.273. The van der Waals surface area contributed by atoms with Crippen LogP contribution in [0.25, 0.3) is 11.3 Å². The summed E-state index contributed by atoms with van der Waals surface area (Å²) in [6.07, 6.45) is 5.66. The van der Waals surface area contributed by atoms with Crippen LogP contribution in [0.3, 0.4) is 0 Å². The van der Waals surface area contributed by atoms with Crippen LogP contribution in [0.2, 0.25) is 5.02 Å². The van der Waals surface area contributed by atoms with Crippen LogP contribution >= 0.6 is 22.9 Å². The van der Waals surface area contributed by atoms with E-state index in [2.05, 4.69) is 15.5 Å². The molecule has 0 unspecified atom stereocenters. The standard InChI is InChI=1S/C22H23ClN4O2S2/c23-19-9-5-7-17(13-19)15-24-26-22-25-21(16-30-22)18-8-6-10-20(14-18)31(28,29)27-11-3-1-2-4-12-27/h5-10,13-16H,1-4,11-12H2,(H,25,26)/b24-15+. The Kier molecular flexibility index (Phi) is 7.02. The number of anilines is 1. The van der Waals surface area contributed by atoms with Gasteiger partial charge in [0, 0.05) is 29.1 Å². The zero-order chi connectivity index (χ0) is 21.7. The Labute approximate surface area is 191 Å². The van der Waals surface area contributed by atoms with E-state index < -0.39 is 10.0 Å². The molecule has 0 saturated carbocycles. The first kappa shape index (κ1) is 22.0. The van der Waals surface area contributed by atoms with Crippen molar-refractivity contribution in [2.24, 2.45) is 5.10 Å². The van der Waals surface area contributed by atoms with Crippen molar-refractivity contribution in [2.75, 3.05) is 18.5 Å². The summed E-state index contributed by atoms with van der Waals surface area (Å²) in [5.41, 5.74) is 5.26. The van der Waals surface area contributed by atoms with Gasteiger partial charge in [0.2, 0.25) is 15.2 Å². The molecule has 0 aliphatic carbocycles. The fourth-order valence-electron chi connectivity index (χ4n) is 3.45. The van der Waals surface area contributed by atoms with E-state index in [9.17, 15) is 8.42 Å². The van der Waals surface area contributed by atoms with Gasteiger partial charge in [0.25, 0.3) is 0 Å². The van der Waals surface area contributed by atoms with Crippen LogP contribution in [0.4, 0.5) is 5.13 Å². The number of halogens is 1. The lowest BCUT2D eigenvalue weighted by Crippen LogP contribution is -2.31. The lowest BCUT2D eigenvalue weighted by Gasteiger charge is -2.20. The van der Waals surface area contributed by atoms with Crippen LogP contribution in [0.1, 0.15) is 31.2 Å². The van der Waals surface area contributed by atoms with Crippen molar-refractivity contribution in [3.8, 4) is 11.3 Å². The van der Waals surface area contributed by atoms with E-state index in [1.165, 1.54) is 11.3 Å². The molecule has 1 aliphatic rings. The molecule has 0 spiro atoms. The number of aromatic nitrogens is 1. The highest BCUT2D eigenvalue weighted by molar-refractivity contribution is 7.89. The molecule has 3 aromatic rings. The smallest absolute Gasteiger partial charge is 0.243 e. The van der Waals surface area contributed by atoms with E-state index >= 15 is 0 Å². The average Bonchev–Trinajstić information content (AvgIpc) is 3.06. The van der Waals surface area contributed by atoms with E-state index in [0.717, 1.165) is 36.8 Å². The number of hydrazone groups is 1. The lowest BCUT2D eigenvalue weighted by atomic mass is 10.2. The highest BCUT2D eigenvalue weighted by atomic mass is 35.5. The first-order valence-electron chi connectivity index (χ1n) is 10.1. The second kappa shape index (κ2) is 9.91. The minimum atomic E-state index is -3.50. The van der Waals surface area contributed by atoms with E-state index in [-0.39, 0.29) is 0 Å². The van der Waals surface area contributed by atoms with E-state index in [0.29, 0.717) is 33.8 Å². The van der Waals surface area contributed by atoms with Crippen molar-refractivity contribution in [1.29, 1.82) is 0 Å². The van der Waals surface area contributed by atoms with Gasteiger partial charge in [-0.2, -0.15) is 9.41 Å². The van der Waals surface area contributed by atoms with Gasteiger partial charge in [0.15, 0.2) is 0 Å². The van der Waals surface area contributed by atoms with Crippen LogP contribution in [-0.2, 0) is 10.0 Å². The Hall–Kier alpha value is -2.26. The Morgan fingerprint density at radius 1 is 1.06 bits per heavy atom. The van der Waals surface area contributed by atoms with Gasteiger partial charge in [0.1, 0.15) is 0 Å². The van der Waals surface area contributed by atoms with Crippen molar-refractivity contribution in [1.82, 2.24) is 9.29 Å². The van der Waals surface area contributed by atoms with Gasteiger partial charge in [0.05, 0.1) is 16.8 Å². The average molecular weight is 475 g/mol. The molecule has 0 radical (unpaired) electrons. The third kappa shape index (κ3) is 5.51. The molecule has 2 heterocycles. The van der Waals surface area contributed by atoms with Gasteiger partial charge in [-0.1, -0.05) is 48.7 Å². The summed E-state index contributed by atoms with van der Waals surface area (Å²) in [7, 11) is -3.50.